The fourth-order valence-corrected chi connectivity index (χ4v) is 4.48. The lowest BCUT2D eigenvalue weighted by molar-refractivity contribution is -0.119. The number of Topliss-reactive ketones (excluding diaryl/α,β-unsaturated/α-hetero) is 1. The van der Waals surface area contributed by atoms with Gasteiger partial charge in [0.05, 0.1) is 12.1 Å². The van der Waals surface area contributed by atoms with Crippen LogP contribution in [0.25, 0.3) is 16.9 Å². The van der Waals surface area contributed by atoms with E-state index in [2.05, 4.69) is 29.1 Å². The van der Waals surface area contributed by atoms with E-state index in [0.29, 0.717) is 23.9 Å². The van der Waals surface area contributed by atoms with Crippen molar-refractivity contribution in [2.75, 3.05) is 27.2 Å². The smallest absolute Gasteiger partial charge is 0.253 e. The van der Waals surface area contributed by atoms with Crippen molar-refractivity contribution in [2.24, 2.45) is 5.92 Å². The summed E-state index contributed by atoms with van der Waals surface area (Å²) in [7, 11) is 4.15. The maximum Gasteiger partial charge on any atom is 0.253 e. The molecule has 2 fully saturated rings. The second-order valence-corrected chi connectivity index (χ2v) is 9.21. The summed E-state index contributed by atoms with van der Waals surface area (Å²) in [5.41, 5.74) is 3.28. The lowest BCUT2D eigenvalue weighted by Crippen LogP contribution is -2.47. The van der Waals surface area contributed by atoms with Gasteiger partial charge in [-0.25, -0.2) is 9.50 Å². The summed E-state index contributed by atoms with van der Waals surface area (Å²) in [4.78, 5) is 33.9. The van der Waals surface area contributed by atoms with Crippen molar-refractivity contribution >= 4 is 17.3 Å². The predicted molar refractivity (Wildman–Crippen MR) is 122 cm³/mol. The molecule has 1 saturated carbocycles. The van der Waals surface area contributed by atoms with Gasteiger partial charge in [0.25, 0.3) is 5.91 Å². The Hall–Kier alpha value is -3.06. The number of carbonyl (C=O) groups is 2. The first-order valence-electron chi connectivity index (χ1n) is 11.4. The Balaban J connectivity index is 1.36. The summed E-state index contributed by atoms with van der Waals surface area (Å²) in [5, 5.41) is 4.60. The first-order valence-corrected chi connectivity index (χ1v) is 11.4. The van der Waals surface area contributed by atoms with Crippen LogP contribution in [-0.2, 0) is 11.2 Å². The Morgan fingerprint density at radius 2 is 1.84 bits per heavy atom. The fourth-order valence-electron chi connectivity index (χ4n) is 4.48. The van der Waals surface area contributed by atoms with Crippen LogP contribution in [0, 0.1) is 5.92 Å². The number of hydrogen-bond acceptors (Lipinski definition) is 5. The van der Waals surface area contributed by atoms with Crippen molar-refractivity contribution in [1.29, 1.82) is 0 Å². The van der Waals surface area contributed by atoms with E-state index in [1.807, 2.05) is 47.4 Å². The summed E-state index contributed by atoms with van der Waals surface area (Å²) < 4.78 is 1.79. The summed E-state index contributed by atoms with van der Waals surface area (Å²) in [5.74, 6) is 1.10. The van der Waals surface area contributed by atoms with Crippen LogP contribution in [0.3, 0.4) is 0 Å². The number of likely N-dealkylation sites (N-methyl/N-ethyl adjacent to an activating group) is 1. The van der Waals surface area contributed by atoms with Crippen molar-refractivity contribution < 1.29 is 9.59 Å². The minimum atomic E-state index is 0.0861. The lowest BCUT2D eigenvalue weighted by Gasteiger charge is -2.36. The van der Waals surface area contributed by atoms with Crippen molar-refractivity contribution in [3.8, 4) is 11.3 Å². The van der Waals surface area contributed by atoms with Crippen LogP contribution in [0.2, 0.25) is 0 Å². The number of benzene rings is 1. The molecule has 0 spiro atoms. The Morgan fingerprint density at radius 3 is 2.56 bits per heavy atom. The standard InChI is InChI=1S/C25H29N5O2/c1-28(2)20-5-4-14-29(16-20)25(32)19-12-8-17(9-13-19)21-6-3-7-24-26-23(27-30(21)24)15-22(31)18-10-11-18/h3,6-9,12-13,18,20H,4-5,10-11,14-16H2,1-2H3. The summed E-state index contributed by atoms with van der Waals surface area (Å²) in [6.07, 6.45) is 4.45. The average Bonchev–Trinajstić information content (AvgIpc) is 3.58. The number of aromatic nitrogens is 3. The zero-order valence-electron chi connectivity index (χ0n) is 18.7. The molecular formula is C25H29N5O2. The number of hydrogen-bond donors (Lipinski definition) is 0. The Morgan fingerprint density at radius 1 is 1.06 bits per heavy atom. The van der Waals surface area contributed by atoms with Gasteiger partial charge in [0.15, 0.2) is 11.5 Å². The normalized spacial score (nSPS) is 19.0. The SMILES string of the molecule is CN(C)C1CCCN(C(=O)c2ccc(-c3cccc4nc(CC(=O)C5CC5)nn34)cc2)C1. The summed E-state index contributed by atoms with van der Waals surface area (Å²) in [6.45, 7) is 1.58. The zero-order chi connectivity index (χ0) is 22.2. The minimum Gasteiger partial charge on any atom is -0.337 e. The molecule has 2 aromatic heterocycles. The highest BCUT2D eigenvalue weighted by Gasteiger charge is 2.30. The molecule has 1 aliphatic heterocycles. The van der Waals surface area contributed by atoms with E-state index in [9.17, 15) is 9.59 Å². The van der Waals surface area contributed by atoms with E-state index in [1.54, 1.807) is 4.52 Å². The van der Waals surface area contributed by atoms with Crippen LogP contribution in [-0.4, -0.2) is 69.3 Å². The molecule has 0 radical (unpaired) electrons. The van der Waals surface area contributed by atoms with Crippen LogP contribution in [0.1, 0.15) is 41.9 Å². The van der Waals surface area contributed by atoms with E-state index >= 15 is 0 Å². The molecule has 2 aliphatic rings. The van der Waals surface area contributed by atoms with Crippen LogP contribution >= 0.6 is 0 Å². The quantitative estimate of drug-likeness (QED) is 0.600. The Kier molecular flexibility index (Phi) is 5.51. The molecule has 1 aromatic carbocycles. The number of rotatable bonds is 6. The minimum absolute atomic E-state index is 0.0861. The molecular weight excluding hydrogens is 402 g/mol. The number of amides is 1. The predicted octanol–water partition coefficient (Wildman–Crippen LogP) is 3.08. The van der Waals surface area contributed by atoms with Gasteiger partial charge in [0.2, 0.25) is 0 Å². The molecule has 1 unspecified atom stereocenters. The van der Waals surface area contributed by atoms with E-state index in [1.165, 1.54) is 0 Å². The van der Waals surface area contributed by atoms with Gasteiger partial charge < -0.3 is 9.80 Å². The third kappa shape index (κ3) is 4.17. The first-order chi connectivity index (χ1) is 15.5. The second kappa shape index (κ2) is 8.47. The van der Waals surface area contributed by atoms with Gasteiger partial charge in [-0.1, -0.05) is 18.2 Å². The number of nitrogens with zero attached hydrogens (tertiary/aromatic N) is 5. The number of piperidine rings is 1. The molecule has 0 bridgehead atoms. The van der Waals surface area contributed by atoms with Gasteiger partial charge in [-0.2, -0.15) is 5.10 Å². The highest BCUT2D eigenvalue weighted by atomic mass is 16.2. The summed E-state index contributed by atoms with van der Waals surface area (Å²) in [6, 6.07) is 14.0. The molecule has 1 amide bonds. The van der Waals surface area contributed by atoms with Crippen molar-refractivity contribution in [3.05, 3.63) is 53.9 Å². The maximum atomic E-state index is 13.0. The molecule has 166 valence electrons. The molecule has 3 aromatic rings. The third-order valence-electron chi connectivity index (χ3n) is 6.61. The van der Waals surface area contributed by atoms with Crippen LogP contribution < -0.4 is 0 Å². The highest BCUT2D eigenvalue weighted by molar-refractivity contribution is 5.94. The molecule has 0 N–H and O–H groups in total. The van der Waals surface area contributed by atoms with Crippen molar-refractivity contribution in [3.63, 3.8) is 0 Å². The van der Waals surface area contributed by atoms with Crippen molar-refractivity contribution in [1.82, 2.24) is 24.4 Å². The highest BCUT2D eigenvalue weighted by Crippen LogP contribution is 2.31. The number of fused-ring (bicyclic) bond motifs is 1. The van der Waals surface area contributed by atoms with Gasteiger partial charge in [-0.3, -0.25) is 9.59 Å². The van der Waals surface area contributed by atoms with Gasteiger partial charge in [0, 0.05) is 36.2 Å². The van der Waals surface area contributed by atoms with E-state index in [-0.39, 0.29) is 17.6 Å². The molecule has 1 atom stereocenters. The van der Waals surface area contributed by atoms with E-state index in [0.717, 1.165) is 55.7 Å². The number of ketones is 1. The number of pyridine rings is 1. The lowest BCUT2D eigenvalue weighted by atomic mass is 10.0. The van der Waals surface area contributed by atoms with Gasteiger partial charge in [-0.05, 0) is 64.0 Å². The van der Waals surface area contributed by atoms with E-state index < -0.39 is 0 Å². The third-order valence-corrected chi connectivity index (χ3v) is 6.61. The monoisotopic (exact) mass is 431 g/mol. The van der Waals surface area contributed by atoms with Crippen LogP contribution in [0.4, 0.5) is 0 Å². The van der Waals surface area contributed by atoms with Crippen molar-refractivity contribution in [2.45, 2.75) is 38.1 Å². The van der Waals surface area contributed by atoms with E-state index in [4.69, 9.17) is 0 Å². The van der Waals surface area contributed by atoms with Gasteiger partial charge in [0.1, 0.15) is 5.78 Å². The molecule has 1 aliphatic carbocycles. The molecule has 32 heavy (non-hydrogen) atoms. The molecule has 1 saturated heterocycles. The molecule has 3 heterocycles. The molecule has 5 rings (SSSR count). The fraction of sp³-hybridized carbons (Fsp3) is 0.440. The average molecular weight is 432 g/mol. The Labute approximate surface area is 188 Å². The van der Waals surface area contributed by atoms with Gasteiger partial charge in [-0.15, -0.1) is 0 Å². The molecule has 7 heteroatoms. The molecule has 7 nitrogen and oxygen atoms in total. The van der Waals surface area contributed by atoms with Crippen LogP contribution in [0.15, 0.2) is 42.5 Å². The Bertz CT molecular complexity index is 1150. The number of carbonyl (C=O) groups excluding carboxylic acids is 2. The first kappa shape index (κ1) is 20.8. The number of likely N-dealkylation sites (tertiary alicyclic amines) is 1. The van der Waals surface area contributed by atoms with Crippen LogP contribution in [0.5, 0.6) is 0 Å². The second-order valence-electron chi connectivity index (χ2n) is 9.21. The zero-order valence-corrected chi connectivity index (χ0v) is 18.7. The van der Waals surface area contributed by atoms with Gasteiger partial charge >= 0.3 is 0 Å². The maximum absolute atomic E-state index is 13.0. The summed E-state index contributed by atoms with van der Waals surface area (Å²) >= 11 is 0. The topological polar surface area (TPSA) is 70.8 Å². The largest absolute Gasteiger partial charge is 0.337 e.